The van der Waals surface area contributed by atoms with Gasteiger partial charge in [-0.15, -0.1) is 11.3 Å². The molecule has 23 heavy (non-hydrogen) atoms. The zero-order valence-electron chi connectivity index (χ0n) is 14.3. The molecule has 0 aliphatic carbocycles. The number of hydrogen-bond donors (Lipinski definition) is 2. The van der Waals surface area contributed by atoms with Crippen molar-refractivity contribution in [1.29, 1.82) is 0 Å². The first-order valence-corrected chi connectivity index (χ1v) is 8.93. The Bertz CT molecular complexity index is 474. The maximum atomic E-state index is 11.6. The van der Waals surface area contributed by atoms with E-state index in [0.29, 0.717) is 13.2 Å². The van der Waals surface area contributed by atoms with E-state index in [4.69, 9.17) is 21.1 Å². The molecule has 0 saturated carbocycles. The van der Waals surface area contributed by atoms with Crippen molar-refractivity contribution < 1.29 is 14.3 Å². The second-order valence-corrected chi connectivity index (χ2v) is 8.11. The van der Waals surface area contributed by atoms with Crippen molar-refractivity contribution in [2.45, 2.75) is 51.8 Å². The van der Waals surface area contributed by atoms with E-state index in [1.54, 1.807) is 18.4 Å². The highest BCUT2D eigenvalue weighted by molar-refractivity contribution is 7.16. The van der Waals surface area contributed by atoms with Crippen LogP contribution in [0, 0.1) is 0 Å². The van der Waals surface area contributed by atoms with Crippen LogP contribution in [-0.2, 0) is 16.0 Å². The minimum atomic E-state index is -0.466. The minimum absolute atomic E-state index is 0.237. The summed E-state index contributed by atoms with van der Waals surface area (Å²) in [6, 6.07) is 4.16. The maximum Gasteiger partial charge on any atom is 0.407 e. The smallest absolute Gasteiger partial charge is 0.407 e. The number of amides is 1. The van der Waals surface area contributed by atoms with Crippen molar-refractivity contribution in [1.82, 2.24) is 10.6 Å². The number of halogens is 1. The van der Waals surface area contributed by atoms with Gasteiger partial charge in [0.25, 0.3) is 0 Å². The summed E-state index contributed by atoms with van der Waals surface area (Å²) in [5.41, 5.74) is -0.466. The molecule has 0 aliphatic heterocycles. The molecular weight excluding hydrogens is 336 g/mol. The molecule has 0 saturated heterocycles. The zero-order chi connectivity index (χ0) is 17.3. The first kappa shape index (κ1) is 20.2. The summed E-state index contributed by atoms with van der Waals surface area (Å²) in [7, 11) is 1.69. The van der Waals surface area contributed by atoms with Crippen molar-refractivity contribution >= 4 is 29.0 Å². The van der Waals surface area contributed by atoms with E-state index in [1.807, 2.05) is 32.9 Å². The Morgan fingerprint density at radius 2 is 2.13 bits per heavy atom. The summed E-state index contributed by atoms with van der Waals surface area (Å²) in [5, 5.41) is 6.23. The average Bonchev–Trinajstić information content (AvgIpc) is 2.84. The monoisotopic (exact) mass is 362 g/mol. The van der Waals surface area contributed by atoms with E-state index in [2.05, 4.69) is 10.6 Å². The number of carbonyl (C=O) groups is 1. The van der Waals surface area contributed by atoms with E-state index >= 15 is 0 Å². The van der Waals surface area contributed by atoms with Crippen LogP contribution in [0.4, 0.5) is 4.79 Å². The van der Waals surface area contributed by atoms with Crippen LogP contribution in [0.25, 0.3) is 0 Å². The van der Waals surface area contributed by atoms with Gasteiger partial charge in [0, 0.05) is 31.1 Å². The van der Waals surface area contributed by atoms with Crippen LogP contribution in [0.1, 0.15) is 38.5 Å². The maximum absolute atomic E-state index is 11.6. The van der Waals surface area contributed by atoms with Crippen LogP contribution < -0.4 is 10.6 Å². The third-order valence-corrected chi connectivity index (χ3v) is 4.19. The highest BCUT2D eigenvalue weighted by Crippen LogP contribution is 2.21. The van der Waals surface area contributed by atoms with Crippen LogP contribution in [-0.4, -0.2) is 38.0 Å². The lowest BCUT2D eigenvalue weighted by Gasteiger charge is -2.20. The molecule has 1 aromatic rings. The molecule has 0 fully saturated rings. The molecule has 0 spiro atoms. The molecule has 2 N–H and O–H groups in total. The molecular formula is C16H27ClN2O3S. The second kappa shape index (κ2) is 10.1. The zero-order valence-corrected chi connectivity index (χ0v) is 15.9. The van der Waals surface area contributed by atoms with Gasteiger partial charge in [0.1, 0.15) is 5.60 Å². The van der Waals surface area contributed by atoms with E-state index in [9.17, 15) is 4.79 Å². The molecule has 0 aliphatic rings. The predicted molar refractivity (Wildman–Crippen MR) is 95.3 cm³/mol. The van der Waals surface area contributed by atoms with E-state index in [0.717, 1.165) is 23.7 Å². The van der Waals surface area contributed by atoms with Crippen molar-refractivity contribution in [3.63, 3.8) is 0 Å². The van der Waals surface area contributed by atoms with Gasteiger partial charge >= 0.3 is 6.09 Å². The molecule has 5 nitrogen and oxygen atoms in total. The average molecular weight is 363 g/mol. The Labute approximate surface area is 147 Å². The van der Waals surface area contributed by atoms with Crippen LogP contribution >= 0.6 is 22.9 Å². The van der Waals surface area contributed by atoms with Crippen molar-refractivity contribution in [2.24, 2.45) is 0 Å². The fraction of sp³-hybridized carbons (Fsp3) is 0.688. The Balaban J connectivity index is 2.23. The fourth-order valence-corrected chi connectivity index (χ4v) is 3.03. The summed E-state index contributed by atoms with van der Waals surface area (Å²) in [5.74, 6) is 0. The number of ether oxygens (including phenoxy) is 2. The normalized spacial score (nSPS) is 12.9. The topological polar surface area (TPSA) is 59.6 Å². The molecule has 1 aromatic heterocycles. The predicted octanol–water partition coefficient (Wildman–Crippen LogP) is 3.81. The Hall–Kier alpha value is -0.820. The van der Waals surface area contributed by atoms with Gasteiger partial charge in [0.05, 0.1) is 10.9 Å². The standard InChI is InChI=1S/C16H27ClN2O3S/c1-16(2,3)22-15(20)18-9-5-6-12(11-21-4)19-10-13-7-8-14(17)23-13/h7-8,12,19H,5-6,9-11H2,1-4H3,(H,18,20). The third kappa shape index (κ3) is 9.81. The molecule has 1 heterocycles. The van der Waals surface area contributed by atoms with Crippen molar-refractivity contribution in [3.8, 4) is 0 Å². The van der Waals surface area contributed by atoms with E-state index in [-0.39, 0.29) is 12.1 Å². The number of carbonyl (C=O) groups excluding carboxylic acids is 1. The molecule has 1 atom stereocenters. The Morgan fingerprint density at radius 3 is 2.70 bits per heavy atom. The van der Waals surface area contributed by atoms with E-state index < -0.39 is 5.60 Å². The van der Waals surface area contributed by atoms with Gasteiger partial charge in [-0.05, 0) is 45.7 Å². The van der Waals surface area contributed by atoms with Gasteiger partial charge in [-0.25, -0.2) is 4.79 Å². The fourth-order valence-electron chi connectivity index (χ4n) is 1.99. The summed E-state index contributed by atoms with van der Waals surface area (Å²) < 4.78 is 11.2. The summed E-state index contributed by atoms with van der Waals surface area (Å²) in [6.07, 6.45) is 1.38. The molecule has 0 aromatic carbocycles. The first-order valence-electron chi connectivity index (χ1n) is 7.73. The molecule has 132 valence electrons. The molecule has 0 radical (unpaired) electrons. The van der Waals surface area contributed by atoms with Gasteiger partial charge in [-0.3, -0.25) is 0 Å². The number of methoxy groups -OCH3 is 1. The summed E-state index contributed by atoms with van der Waals surface area (Å²) in [4.78, 5) is 12.8. The first-order chi connectivity index (χ1) is 10.8. The lowest BCUT2D eigenvalue weighted by molar-refractivity contribution is 0.0526. The van der Waals surface area contributed by atoms with Gasteiger partial charge < -0.3 is 20.1 Å². The minimum Gasteiger partial charge on any atom is -0.444 e. The third-order valence-electron chi connectivity index (χ3n) is 2.96. The van der Waals surface area contributed by atoms with Gasteiger partial charge in [0.2, 0.25) is 0 Å². The summed E-state index contributed by atoms with van der Waals surface area (Å²) >= 11 is 7.50. The number of alkyl carbamates (subject to hydrolysis) is 1. The summed E-state index contributed by atoms with van der Waals surface area (Å²) in [6.45, 7) is 7.53. The van der Waals surface area contributed by atoms with Gasteiger partial charge in [-0.1, -0.05) is 11.6 Å². The van der Waals surface area contributed by atoms with Crippen LogP contribution in [0.15, 0.2) is 12.1 Å². The highest BCUT2D eigenvalue weighted by Gasteiger charge is 2.15. The van der Waals surface area contributed by atoms with Gasteiger partial charge in [0.15, 0.2) is 0 Å². The molecule has 1 rings (SSSR count). The van der Waals surface area contributed by atoms with Crippen LogP contribution in [0.2, 0.25) is 4.34 Å². The lowest BCUT2D eigenvalue weighted by Crippen LogP contribution is -2.35. The number of nitrogens with one attached hydrogen (secondary N) is 2. The lowest BCUT2D eigenvalue weighted by atomic mass is 10.1. The van der Waals surface area contributed by atoms with Crippen LogP contribution in [0.5, 0.6) is 0 Å². The van der Waals surface area contributed by atoms with Crippen molar-refractivity contribution in [3.05, 3.63) is 21.3 Å². The molecule has 1 amide bonds. The van der Waals surface area contributed by atoms with Gasteiger partial charge in [-0.2, -0.15) is 0 Å². The Morgan fingerprint density at radius 1 is 1.39 bits per heavy atom. The molecule has 1 unspecified atom stereocenters. The van der Waals surface area contributed by atoms with Crippen molar-refractivity contribution in [2.75, 3.05) is 20.3 Å². The highest BCUT2D eigenvalue weighted by atomic mass is 35.5. The number of rotatable bonds is 9. The second-order valence-electron chi connectivity index (χ2n) is 6.31. The van der Waals surface area contributed by atoms with Crippen LogP contribution in [0.3, 0.4) is 0 Å². The molecule has 7 heteroatoms. The number of thiophene rings is 1. The number of hydrogen-bond acceptors (Lipinski definition) is 5. The van der Waals surface area contributed by atoms with E-state index in [1.165, 1.54) is 4.88 Å². The largest absolute Gasteiger partial charge is 0.444 e. The molecule has 0 bridgehead atoms. The SMILES string of the molecule is COCC(CCCNC(=O)OC(C)(C)C)NCc1ccc(Cl)s1. The quantitative estimate of drug-likeness (QED) is 0.656. The Kier molecular flexibility index (Phi) is 8.91.